The molecule has 0 aliphatic rings. The van der Waals surface area contributed by atoms with Crippen LogP contribution in [-0.4, -0.2) is 16.8 Å². The fourth-order valence-corrected chi connectivity index (χ4v) is 3.71. The molecule has 2 N–H and O–H groups in total. The fourth-order valence-electron chi connectivity index (χ4n) is 2.80. The first kappa shape index (κ1) is 18.8. The monoisotopic (exact) mass is 379 g/mol. The first-order chi connectivity index (χ1) is 12.8. The number of hydrogen-bond donors (Lipinski definition) is 2. The van der Waals surface area contributed by atoms with Gasteiger partial charge in [0, 0.05) is 28.7 Å². The average molecular weight is 379 g/mol. The Morgan fingerprint density at radius 2 is 1.78 bits per heavy atom. The van der Waals surface area contributed by atoms with Crippen molar-refractivity contribution in [3.05, 3.63) is 64.2 Å². The lowest BCUT2D eigenvalue weighted by atomic mass is 10.1. The van der Waals surface area contributed by atoms with Gasteiger partial charge in [0.1, 0.15) is 10.7 Å². The molecule has 138 valence electrons. The molecule has 0 aliphatic carbocycles. The predicted octanol–water partition coefficient (Wildman–Crippen LogP) is 4.95. The minimum atomic E-state index is -0.222. The standard InChI is InChI=1S/C21H21N3O2S/c1-12-8-9-18(13(2)10-12)23-20(26)19-14(3)27-21(24-19)16-6-5-7-17(11-16)22-15(4)25/h5-11H,1-4H3,(H,22,25)(H,23,26). The summed E-state index contributed by atoms with van der Waals surface area (Å²) in [4.78, 5) is 29.3. The van der Waals surface area contributed by atoms with Gasteiger partial charge in [-0.15, -0.1) is 11.3 Å². The maximum atomic E-state index is 12.7. The van der Waals surface area contributed by atoms with Gasteiger partial charge in [0.15, 0.2) is 0 Å². The van der Waals surface area contributed by atoms with Crippen LogP contribution in [-0.2, 0) is 4.79 Å². The van der Waals surface area contributed by atoms with Crippen molar-refractivity contribution in [1.82, 2.24) is 4.98 Å². The highest BCUT2D eigenvalue weighted by Crippen LogP contribution is 2.30. The van der Waals surface area contributed by atoms with E-state index in [-0.39, 0.29) is 11.8 Å². The number of nitrogens with zero attached hydrogens (tertiary/aromatic N) is 1. The van der Waals surface area contributed by atoms with Crippen molar-refractivity contribution < 1.29 is 9.59 Å². The first-order valence-electron chi connectivity index (χ1n) is 8.57. The molecule has 2 aromatic carbocycles. The summed E-state index contributed by atoms with van der Waals surface area (Å²) in [5, 5.41) is 6.45. The Balaban J connectivity index is 1.86. The van der Waals surface area contributed by atoms with Crippen LogP contribution >= 0.6 is 11.3 Å². The molecule has 0 atom stereocenters. The molecule has 1 heterocycles. The number of hydrogen-bond acceptors (Lipinski definition) is 4. The molecular weight excluding hydrogens is 358 g/mol. The van der Waals surface area contributed by atoms with Crippen molar-refractivity contribution in [2.45, 2.75) is 27.7 Å². The van der Waals surface area contributed by atoms with E-state index in [4.69, 9.17) is 0 Å². The molecule has 1 aromatic heterocycles. The molecular formula is C21H21N3O2S. The van der Waals surface area contributed by atoms with Gasteiger partial charge in [-0.25, -0.2) is 4.98 Å². The summed E-state index contributed by atoms with van der Waals surface area (Å²) in [7, 11) is 0. The molecule has 0 aliphatic heterocycles. The molecule has 0 unspecified atom stereocenters. The summed E-state index contributed by atoms with van der Waals surface area (Å²) in [5.41, 5.74) is 4.93. The van der Waals surface area contributed by atoms with Crippen LogP contribution < -0.4 is 10.6 Å². The van der Waals surface area contributed by atoms with Crippen molar-refractivity contribution in [2.24, 2.45) is 0 Å². The number of carbonyl (C=O) groups is 2. The Hall–Kier alpha value is -2.99. The quantitative estimate of drug-likeness (QED) is 0.674. The summed E-state index contributed by atoms with van der Waals surface area (Å²) in [5.74, 6) is -0.351. The topological polar surface area (TPSA) is 71.1 Å². The number of amides is 2. The number of nitrogens with one attached hydrogen (secondary N) is 2. The maximum absolute atomic E-state index is 12.7. The van der Waals surface area contributed by atoms with Gasteiger partial charge in [-0.1, -0.05) is 29.8 Å². The molecule has 27 heavy (non-hydrogen) atoms. The predicted molar refractivity (Wildman–Crippen MR) is 110 cm³/mol. The third-order valence-corrected chi connectivity index (χ3v) is 5.09. The van der Waals surface area contributed by atoms with Gasteiger partial charge in [-0.2, -0.15) is 0 Å². The average Bonchev–Trinajstić information content (AvgIpc) is 2.99. The van der Waals surface area contributed by atoms with Crippen molar-refractivity contribution in [3.63, 3.8) is 0 Å². The molecule has 5 nitrogen and oxygen atoms in total. The maximum Gasteiger partial charge on any atom is 0.275 e. The van der Waals surface area contributed by atoms with Gasteiger partial charge >= 0.3 is 0 Å². The SMILES string of the molecule is CC(=O)Nc1cccc(-c2nc(C(=O)Nc3ccc(C)cc3C)c(C)s2)c1. The largest absolute Gasteiger partial charge is 0.326 e. The molecule has 0 saturated heterocycles. The van der Waals surface area contributed by atoms with Gasteiger partial charge in [-0.3, -0.25) is 9.59 Å². The van der Waals surface area contributed by atoms with Crippen LogP contribution in [0.5, 0.6) is 0 Å². The van der Waals surface area contributed by atoms with E-state index in [2.05, 4.69) is 15.6 Å². The highest BCUT2D eigenvalue weighted by atomic mass is 32.1. The smallest absolute Gasteiger partial charge is 0.275 e. The van der Waals surface area contributed by atoms with Crippen LogP contribution in [0.3, 0.4) is 0 Å². The van der Waals surface area contributed by atoms with Crippen LogP contribution in [0.25, 0.3) is 10.6 Å². The zero-order chi connectivity index (χ0) is 19.6. The number of rotatable bonds is 4. The molecule has 0 saturated carbocycles. The van der Waals surface area contributed by atoms with Gasteiger partial charge < -0.3 is 10.6 Å². The minimum Gasteiger partial charge on any atom is -0.326 e. The molecule has 0 bridgehead atoms. The number of thiazole rings is 1. The van der Waals surface area contributed by atoms with Crippen LogP contribution in [0, 0.1) is 20.8 Å². The van der Waals surface area contributed by atoms with E-state index in [0.29, 0.717) is 11.4 Å². The molecule has 0 fully saturated rings. The van der Waals surface area contributed by atoms with Crippen molar-refractivity contribution in [3.8, 4) is 10.6 Å². The van der Waals surface area contributed by atoms with Crippen molar-refractivity contribution in [1.29, 1.82) is 0 Å². The normalized spacial score (nSPS) is 10.5. The zero-order valence-electron chi connectivity index (χ0n) is 15.7. The van der Waals surface area contributed by atoms with Gasteiger partial charge in [0.25, 0.3) is 5.91 Å². The molecule has 0 spiro atoms. The number of anilines is 2. The van der Waals surface area contributed by atoms with E-state index in [9.17, 15) is 9.59 Å². The lowest BCUT2D eigenvalue weighted by Gasteiger charge is -2.08. The molecule has 3 rings (SSSR count). The summed E-state index contributed by atoms with van der Waals surface area (Å²) < 4.78 is 0. The second kappa shape index (κ2) is 7.72. The molecule has 2 amide bonds. The van der Waals surface area contributed by atoms with Crippen LogP contribution in [0.2, 0.25) is 0 Å². The van der Waals surface area contributed by atoms with E-state index in [0.717, 1.165) is 32.3 Å². The van der Waals surface area contributed by atoms with E-state index in [1.54, 1.807) is 0 Å². The molecule has 0 radical (unpaired) electrons. The highest BCUT2D eigenvalue weighted by molar-refractivity contribution is 7.15. The second-order valence-electron chi connectivity index (χ2n) is 6.46. The van der Waals surface area contributed by atoms with Gasteiger partial charge in [0.2, 0.25) is 5.91 Å². The van der Waals surface area contributed by atoms with Crippen LogP contribution in [0.4, 0.5) is 11.4 Å². The van der Waals surface area contributed by atoms with Gasteiger partial charge in [-0.05, 0) is 44.5 Å². The fraction of sp³-hybridized carbons (Fsp3) is 0.190. The summed E-state index contributed by atoms with van der Waals surface area (Å²) in [6.07, 6.45) is 0. The molecule has 3 aromatic rings. The first-order valence-corrected chi connectivity index (χ1v) is 9.39. The Morgan fingerprint density at radius 1 is 1.00 bits per heavy atom. The highest BCUT2D eigenvalue weighted by Gasteiger charge is 2.17. The van der Waals surface area contributed by atoms with Crippen LogP contribution in [0.1, 0.15) is 33.4 Å². The Bertz CT molecular complexity index is 1020. The Morgan fingerprint density at radius 3 is 2.48 bits per heavy atom. The summed E-state index contributed by atoms with van der Waals surface area (Å²) in [6.45, 7) is 7.34. The lowest BCUT2D eigenvalue weighted by Crippen LogP contribution is -2.14. The van der Waals surface area contributed by atoms with Gasteiger partial charge in [0.05, 0.1) is 0 Å². The minimum absolute atomic E-state index is 0.129. The number of carbonyl (C=O) groups excluding carboxylic acids is 2. The van der Waals surface area contributed by atoms with E-state index in [1.807, 2.05) is 63.2 Å². The Kier molecular flexibility index (Phi) is 5.37. The van der Waals surface area contributed by atoms with Crippen LogP contribution in [0.15, 0.2) is 42.5 Å². The number of benzene rings is 2. The summed E-state index contributed by atoms with van der Waals surface area (Å²) in [6, 6.07) is 13.3. The number of aromatic nitrogens is 1. The third-order valence-electron chi connectivity index (χ3n) is 4.07. The lowest BCUT2D eigenvalue weighted by molar-refractivity contribution is -0.114. The van der Waals surface area contributed by atoms with E-state index < -0.39 is 0 Å². The number of aryl methyl sites for hydroxylation is 3. The third kappa shape index (κ3) is 4.41. The van der Waals surface area contributed by atoms with E-state index in [1.165, 1.54) is 18.3 Å². The summed E-state index contributed by atoms with van der Waals surface area (Å²) >= 11 is 1.46. The second-order valence-corrected chi connectivity index (χ2v) is 7.66. The van der Waals surface area contributed by atoms with Crippen molar-refractivity contribution in [2.75, 3.05) is 10.6 Å². The van der Waals surface area contributed by atoms with E-state index >= 15 is 0 Å². The Labute approximate surface area is 162 Å². The molecule has 6 heteroatoms. The van der Waals surface area contributed by atoms with Crippen molar-refractivity contribution >= 4 is 34.5 Å². The zero-order valence-corrected chi connectivity index (χ0v) is 16.5.